The number of halogens is 1. The maximum atomic E-state index is 12.9. The predicted octanol–water partition coefficient (Wildman–Crippen LogP) is 3.08. The second-order valence-corrected chi connectivity index (χ2v) is 8.12. The van der Waals surface area contributed by atoms with Gasteiger partial charge >= 0.3 is 0 Å². The van der Waals surface area contributed by atoms with Crippen LogP contribution in [0.3, 0.4) is 0 Å². The van der Waals surface area contributed by atoms with Crippen molar-refractivity contribution >= 4 is 17.2 Å². The minimum atomic E-state index is -0.434. The molecule has 1 aromatic heterocycles. The topological polar surface area (TPSA) is 36.4 Å². The van der Waals surface area contributed by atoms with Crippen molar-refractivity contribution in [3.63, 3.8) is 0 Å². The summed E-state index contributed by atoms with van der Waals surface area (Å²) in [6, 6.07) is 0. The molecule has 0 aromatic carbocycles. The van der Waals surface area contributed by atoms with Gasteiger partial charge < -0.3 is 4.90 Å². The first kappa shape index (κ1) is 16.8. The maximum Gasteiger partial charge on any atom is 0.223 e. The largest absolute Gasteiger partial charge is 0.334 e. The van der Waals surface area contributed by atoms with Crippen molar-refractivity contribution in [2.45, 2.75) is 58.0 Å². The first-order valence-electron chi connectivity index (χ1n) is 8.56. The standard InChI is InChI=1S/C17H26FN3OS/c1-13-15(23-14(2)19-13)12-20-9-3-5-17(7-10-20)6-4-16(22)21(17)11-8-18/h3-12H2,1-2H3. The Hall–Kier alpha value is -1.01. The summed E-state index contributed by atoms with van der Waals surface area (Å²) in [6.45, 7) is 6.95. The molecule has 0 radical (unpaired) electrons. The second kappa shape index (κ2) is 6.85. The lowest BCUT2D eigenvalue weighted by Crippen LogP contribution is -2.47. The van der Waals surface area contributed by atoms with Crippen molar-refractivity contribution in [3.8, 4) is 0 Å². The zero-order valence-electron chi connectivity index (χ0n) is 14.1. The van der Waals surface area contributed by atoms with Crippen LogP contribution in [0.25, 0.3) is 0 Å². The molecule has 0 aliphatic carbocycles. The van der Waals surface area contributed by atoms with Crippen molar-refractivity contribution in [1.82, 2.24) is 14.8 Å². The van der Waals surface area contributed by atoms with Gasteiger partial charge in [0, 0.05) is 36.5 Å². The Balaban J connectivity index is 1.67. The Morgan fingerprint density at radius 3 is 2.78 bits per heavy atom. The average molecular weight is 339 g/mol. The third-order valence-corrected chi connectivity index (χ3v) is 6.42. The molecule has 23 heavy (non-hydrogen) atoms. The van der Waals surface area contributed by atoms with E-state index in [4.69, 9.17) is 0 Å². The molecular weight excluding hydrogens is 313 g/mol. The minimum Gasteiger partial charge on any atom is -0.334 e. The highest BCUT2D eigenvalue weighted by atomic mass is 32.1. The quantitative estimate of drug-likeness (QED) is 0.846. The summed E-state index contributed by atoms with van der Waals surface area (Å²) in [5, 5.41) is 1.12. The fourth-order valence-electron chi connectivity index (χ4n) is 4.16. The summed E-state index contributed by atoms with van der Waals surface area (Å²) in [4.78, 5) is 22.3. The van der Waals surface area contributed by atoms with Crippen LogP contribution in [-0.2, 0) is 11.3 Å². The third-order valence-electron chi connectivity index (χ3n) is 5.36. The highest BCUT2D eigenvalue weighted by molar-refractivity contribution is 7.11. The Bertz CT molecular complexity index is 576. The predicted molar refractivity (Wildman–Crippen MR) is 90.4 cm³/mol. The molecule has 128 valence electrons. The Labute approximate surface area is 141 Å². The molecule has 2 saturated heterocycles. The van der Waals surface area contributed by atoms with E-state index in [9.17, 15) is 9.18 Å². The summed E-state index contributed by atoms with van der Waals surface area (Å²) in [5.74, 6) is 0.144. The van der Waals surface area contributed by atoms with Gasteiger partial charge in [-0.05, 0) is 46.1 Å². The number of amides is 1. The van der Waals surface area contributed by atoms with E-state index in [0.717, 1.165) is 56.0 Å². The molecule has 3 heterocycles. The van der Waals surface area contributed by atoms with Crippen LogP contribution < -0.4 is 0 Å². The lowest BCUT2D eigenvalue weighted by atomic mass is 9.88. The van der Waals surface area contributed by atoms with E-state index in [2.05, 4.69) is 23.7 Å². The van der Waals surface area contributed by atoms with Crippen LogP contribution in [0.2, 0.25) is 0 Å². The molecule has 4 nitrogen and oxygen atoms in total. The van der Waals surface area contributed by atoms with Gasteiger partial charge in [0.1, 0.15) is 6.67 Å². The number of rotatable bonds is 4. The number of alkyl halides is 1. The average Bonchev–Trinajstić information content (AvgIpc) is 2.89. The van der Waals surface area contributed by atoms with E-state index >= 15 is 0 Å². The van der Waals surface area contributed by atoms with E-state index in [0.29, 0.717) is 6.42 Å². The summed E-state index contributed by atoms with van der Waals surface area (Å²) < 4.78 is 12.9. The molecule has 2 aliphatic heterocycles. The third kappa shape index (κ3) is 3.43. The number of likely N-dealkylation sites (tertiary alicyclic amines) is 2. The number of thiazole rings is 1. The highest BCUT2D eigenvalue weighted by Crippen LogP contribution is 2.39. The molecule has 0 saturated carbocycles. The Morgan fingerprint density at radius 1 is 1.26 bits per heavy atom. The highest BCUT2D eigenvalue weighted by Gasteiger charge is 2.45. The van der Waals surface area contributed by atoms with Crippen LogP contribution >= 0.6 is 11.3 Å². The van der Waals surface area contributed by atoms with E-state index < -0.39 is 6.67 Å². The van der Waals surface area contributed by atoms with Crippen LogP contribution in [0.15, 0.2) is 0 Å². The van der Waals surface area contributed by atoms with Gasteiger partial charge in [-0.15, -0.1) is 11.3 Å². The smallest absolute Gasteiger partial charge is 0.223 e. The molecule has 2 fully saturated rings. The van der Waals surface area contributed by atoms with Crippen LogP contribution in [-0.4, -0.2) is 52.5 Å². The fourth-order valence-corrected chi connectivity index (χ4v) is 5.14. The number of aryl methyl sites for hydroxylation is 2. The van der Waals surface area contributed by atoms with Gasteiger partial charge in [0.15, 0.2) is 0 Å². The summed E-state index contributed by atoms with van der Waals surface area (Å²) >= 11 is 1.78. The molecule has 2 aliphatic rings. The fraction of sp³-hybridized carbons (Fsp3) is 0.765. The van der Waals surface area contributed by atoms with Crippen molar-refractivity contribution in [1.29, 1.82) is 0 Å². The second-order valence-electron chi connectivity index (χ2n) is 6.83. The van der Waals surface area contributed by atoms with E-state index in [1.807, 2.05) is 4.90 Å². The SMILES string of the molecule is Cc1nc(C)c(CN2CCCC3(CCC(=O)N3CCF)CC2)s1. The van der Waals surface area contributed by atoms with Gasteiger partial charge in [0.2, 0.25) is 5.91 Å². The molecular formula is C17H26FN3OS. The van der Waals surface area contributed by atoms with Gasteiger partial charge in [-0.2, -0.15) is 0 Å². The number of carbonyl (C=O) groups excluding carboxylic acids is 1. The normalized spacial score (nSPS) is 26.2. The molecule has 1 unspecified atom stereocenters. The van der Waals surface area contributed by atoms with E-state index in [1.165, 1.54) is 4.88 Å². The number of carbonyl (C=O) groups is 1. The molecule has 0 bridgehead atoms. The van der Waals surface area contributed by atoms with Gasteiger partial charge in [-0.3, -0.25) is 9.69 Å². The lowest BCUT2D eigenvalue weighted by Gasteiger charge is -2.37. The molecule has 1 atom stereocenters. The van der Waals surface area contributed by atoms with Crippen molar-refractivity contribution in [2.75, 3.05) is 26.3 Å². The van der Waals surface area contributed by atoms with Gasteiger partial charge in [-0.25, -0.2) is 9.37 Å². The van der Waals surface area contributed by atoms with E-state index in [1.54, 1.807) is 11.3 Å². The van der Waals surface area contributed by atoms with E-state index in [-0.39, 0.29) is 18.0 Å². The minimum absolute atomic E-state index is 0.0867. The van der Waals surface area contributed by atoms with Crippen LogP contribution in [0.1, 0.15) is 47.7 Å². The Kier molecular flexibility index (Phi) is 5.01. The molecule has 1 aromatic rings. The lowest BCUT2D eigenvalue weighted by molar-refractivity contribution is -0.131. The molecule has 6 heteroatoms. The first-order chi connectivity index (χ1) is 11.0. The van der Waals surface area contributed by atoms with Gasteiger partial charge in [0.25, 0.3) is 0 Å². The van der Waals surface area contributed by atoms with Crippen LogP contribution in [0.4, 0.5) is 4.39 Å². The number of aromatic nitrogens is 1. The zero-order chi connectivity index (χ0) is 16.4. The van der Waals surface area contributed by atoms with Crippen molar-refractivity contribution in [3.05, 3.63) is 15.6 Å². The summed E-state index contributed by atoms with van der Waals surface area (Å²) in [5.41, 5.74) is 1.05. The summed E-state index contributed by atoms with van der Waals surface area (Å²) in [6.07, 6.45) is 4.55. The van der Waals surface area contributed by atoms with Gasteiger partial charge in [0.05, 0.1) is 10.7 Å². The summed E-state index contributed by atoms with van der Waals surface area (Å²) in [7, 11) is 0. The van der Waals surface area contributed by atoms with Gasteiger partial charge in [-0.1, -0.05) is 0 Å². The zero-order valence-corrected chi connectivity index (χ0v) is 14.9. The Morgan fingerprint density at radius 2 is 2.09 bits per heavy atom. The van der Waals surface area contributed by atoms with Crippen LogP contribution in [0.5, 0.6) is 0 Å². The molecule has 0 N–H and O–H groups in total. The molecule has 1 spiro atoms. The number of hydrogen-bond donors (Lipinski definition) is 0. The van der Waals surface area contributed by atoms with Crippen molar-refractivity contribution in [2.24, 2.45) is 0 Å². The maximum absolute atomic E-state index is 12.9. The monoisotopic (exact) mass is 339 g/mol. The van der Waals surface area contributed by atoms with Crippen molar-refractivity contribution < 1.29 is 9.18 Å². The van der Waals surface area contributed by atoms with Crippen LogP contribution in [0, 0.1) is 13.8 Å². The number of nitrogens with zero attached hydrogens (tertiary/aromatic N) is 3. The first-order valence-corrected chi connectivity index (χ1v) is 9.37. The molecule has 1 amide bonds. The number of hydrogen-bond acceptors (Lipinski definition) is 4. The molecule has 3 rings (SSSR count).